The molecule has 0 aromatic heterocycles. The van der Waals surface area contributed by atoms with Crippen molar-refractivity contribution in [3.63, 3.8) is 0 Å². The lowest BCUT2D eigenvalue weighted by Gasteiger charge is -2.10. The molecule has 6 heteroatoms. The summed E-state index contributed by atoms with van der Waals surface area (Å²) in [6.45, 7) is 2.31. The maximum atomic E-state index is 11.8. The molecule has 1 N–H and O–H groups in total. The summed E-state index contributed by atoms with van der Waals surface area (Å²) in [4.78, 5) is 11.8. The van der Waals surface area contributed by atoms with Gasteiger partial charge in [0.1, 0.15) is 11.3 Å². The van der Waals surface area contributed by atoms with E-state index < -0.39 is 11.7 Å². The Bertz CT molecular complexity index is 420. The zero-order chi connectivity index (χ0) is 13.7. The van der Waals surface area contributed by atoms with E-state index in [1.54, 1.807) is 0 Å². The molecule has 0 amide bonds. The molecule has 0 saturated carbocycles. The number of carbonyl (C=O) groups excluding carboxylic acids is 1. The van der Waals surface area contributed by atoms with Gasteiger partial charge in [0.2, 0.25) is 0 Å². The van der Waals surface area contributed by atoms with Gasteiger partial charge in [-0.3, -0.25) is 0 Å². The highest BCUT2D eigenvalue weighted by atomic mass is 35.5. The van der Waals surface area contributed by atoms with Gasteiger partial charge in [0.05, 0.1) is 21.7 Å². The molecule has 0 heterocycles. The molecule has 0 fully saturated rings. The second kappa shape index (κ2) is 7.07. The first-order valence-corrected chi connectivity index (χ1v) is 6.66. The second-order valence-corrected chi connectivity index (χ2v) is 4.91. The van der Waals surface area contributed by atoms with Gasteiger partial charge in [-0.25, -0.2) is 4.79 Å². The predicted octanol–water partition coefficient (Wildman–Crippen LogP) is 4.70. The average molecular weight is 312 g/mol. The highest BCUT2D eigenvalue weighted by molar-refractivity contribution is 6.45. The van der Waals surface area contributed by atoms with Gasteiger partial charge in [-0.1, -0.05) is 54.6 Å². The fourth-order valence-corrected chi connectivity index (χ4v) is 2.05. The standard InChI is InChI=1S/C12H13Cl3O3/c1-2-3-4-5-18-12(17)9-10(15)7(13)6-8(14)11(9)16/h6,16H,2-5H2,1H3. The molecule has 18 heavy (non-hydrogen) atoms. The smallest absolute Gasteiger partial charge is 0.343 e. The zero-order valence-corrected chi connectivity index (χ0v) is 12.1. The van der Waals surface area contributed by atoms with Crippen molar-refractivity contribution in [2.45, 2.75) is 26.2 Å². The Morgan fingerprint density at radius 1 is 1.28 bits per heavy atom. The highest BCUT2D eigenvalue weighted by Gasteiger charge is 2.22. The normalized spacial score (nSPS) is 10.4. The van der Waals surface area contributed by atoms with E-state index in [1.807, 2.05) is 6.92 Å². The van der Waals surface area contributed by atoms with E-state index in [0.29, 0.717) is 0 Å². The summed E-state index contributed by atoms with van der Waals surface area (Å²) >= 11 is 17.4. The van der Waals surface area contributed by atoms with Crippen LogP contribution in [0.2, 0.25) is 15.1 Å². The average Bonchev–Trinajstić information content (AvgIpc) is 2.32. The summed E-state index contributed by atoms with van der Waals surface area (Å²) < 4.78 is 5.00. The summed E-state index contributed by atoms with van der Waals surface area (Å²) in [7, 11) is 0. The minimum Gasteiger partial charge on any atom is -0.505 e. The summed E-state index contributed by atoms with van der Waals surface area (Å²) in [6.07, 6.45) is 2.74. The van der Waals surface area contributed by atoms with Crippen molar-refractivity contribution in [1.82, 2.24) is 0 Å². The van der Waals surface area contributed by atoms with E-state index in [1.165, 1.54) is 6.07 Å². The van der Waals surface area contributed by atoms with Crippen molar-refractivity contribution in [3.05, 3.63) is 26.7 Å². The van der Waals surface area contributed by atoms with Gasteiger partial charge < -0.3 is 9.84 Å². The summed E-state index contributed by atoms with van der Waals surface area (Å²) in [6, 6.07) is 1.27. The molecule has 0 aliphatic carbocycles. The summed E-state index contributed by atoms with van der Waals surface area (Å²) in [5.74, 6) is -1.13. The van der Waals surface area contributed by atoms with Crippen LogP contribution in [0, 0.1) is 0 Å². The molecule has 0 aliphatic rings. The van der Waals surface area contributed by atoms with Crippen LogP contribution in [-0.4, -0.2) is 17.7 Å². The van der Waals surface area contributed by atoms with Crippen molar-refractivity contribution < 1.29 is 14.6 Å². The van der Waals surface area contributed by atoms with Crippen LogP contribution in [0.4, 0.5) is 0 Å². The van der Waals surface area contributed by atoms with Crippen LogP contribution in [0.5, 0.6) is 5.75 Å². The molecule has 0 spiro atoms. The predicted molar refractivity (Wildman–Crippen MR) is 72.9 cm³/mol. The largest absolute Gasteiger partial charge is 0.505 e. The SMILES string of the molecule is CCCCCOC(=O)c1c(O)c(Cl)cc(Cl)c1Cl. The number of halogens is 3. The Balaban J connectivity index is 2.85. The number of benzene rings is 1. The number of carbonyl (C=O) groups is 1. The first-order valence-electron chi connectivity index (χ1n) is 5.52. The molecule has 0 unspecified atom stereocenters. The van der Waals surface area contributed by atoms with Gasteiger partial charge in [0, 0.05) is 0 Å². The molecule has 0 bridgehead atoms. The molecule has 1 aromatic rings. The van der Waals surface area contributed by atoms with E-state index in [-0.39, 0.29) is 27.2 Å². The molecular formula is C12H13Cl3O3. The molecule has 0 aliphatic heterocycles. The summed E-state index contributed by atoms with van der Waals surface area (Å²) in [5, 5.41) is 9.70. The first kappa shape index (κ1) is 15.4. The second-order valence-electron chi connectivity index (χ2n) is 3.72. The van der Waals surface area contributed by atoms with Crippen LogP contribution in [0.15, 0.2) is 6.07 Å². The van der Waals surface area contributed by atoms with Gasteiger partial charge in [-0.15, -0.1) is 0 Å². The van der Waals surface area contributed by atoms with E-state index in [2.05, 4.69) is 0 Å². The zero-order valence-electron chi connectivity index (χ0n) is 9.80. The fourth-order valence-electron chi connectivity index (χ4n) is 1.36. The van der Waals surface area contributed by atoms with Crippen molar-refractivity contribution in [2.75, 3.05) is 6.61 Å². The molecule has 100 valence electrons. The van der Waals surface area contributed by atoms with Crippen LogP contribution in [0.3, 0.4) is 0 Å². The first-order chi connectivity index (χ1) is 8.49. The van der Waals surface area contributed by atoms with Gasteiger partial charge in [-0.2, -0.15) is 0 Å². The number of unbranched alkanes of at least 4 members (excludes halogenated alkanes) is 2. The van der Waals surface area contributed by atoms with Crippen LogP contribution in [0.1, 0.15) is 36.5 Å². The van der Waals surface area contributed by atoms with Gasteiger partial charge in [-0.05, 0) is 12.5 Å². The molecule has 1 rings (SSSR count). The molecule has 0 atom stereocenters. The Hall–Kier alpha value is -0.640. The van der Waals surface area contributed by atoms with Crippen molar-refractivity contribution >= 4 is 40.8 Å². The highest BCUT2D eigenvalue weighted by Crippen LogP contribution is 2.38. The van der Waals surface area contributed by atoms with Gasteiger partial charge in [0.25, 0.3) is 0 Å². The topological polar surface area (TPSA) is 46.5 Å². The number of esters is 1. The minimum absolute atomic E-state index is 0.0371. The van der Waals surface area contributed by atoms with Crippen molar-refractivity contribution in [3.8, 4) is 5.75 Å². The van der Waals surface area contributed by atoms with Gasteiger partial charge in [0.15, 0.2) is 0 Å². The number of rotatable bonds is 5. The van der Waals surface area contributed by atoms with Crippen LogP contribution >= 0.6 is 34.8 Å². The molecule has 1 aromatic carbocycles. The number of phenols is 1. The Morgan fingerprint density at radius 3 is 2.56 bits per heavy atom. The number of ether oxygens (including phenoxy) is 1. The maximum absolute atomic E-state index is 11.8. The quantitative estimate of drug-likeness (QED) is 0.487. The van der Waals surface area contributed by atoms with Gasteiger partial charge >= 0.3 is 5.97 Å². The maximum Gasteiger partial charge on any atom is 0.343 e. The third-order valence-corrected chi connectivity index (χ3v) is 3.41. The van der Waals surface area contributed by atoms with Crippen LogP contribution < -0.4 is 0 Å². The lowest BCUT2D eigenvalue weighted by Crippen LogP contribution is -2.08. The third-order valence-electron chi connectivity index (χ3n) is 2.33. The van der Waals surface area contributed by atoms with E-state index in [0.717, 1.165) is 19.3 Å². The van der Waals surface area contributed by atoms with Crippen molar-refractivity contribution in [1.29, 1.82) is 0 Å². The lowest BCUT2D eigenvalue weighted by molar-refractivity contribution is 0.0495. The number of phenolic OH excluding ortho intramolecular Hbond substituents is 1. The molecule has 3 nitrogen and oxygen atoms in total. The monoisotopic (exact) mass is 310 g/mol. The fraction of sp³-hybridized carbons (Fsp3) is 0.417. The molecular weight excluding hydrogens is 298 g/mol. The van der Waals surface area contributed by atoms with E-state index in [4.69, 9.17) is 39.5 Å². The minimum atomic E-state index is -0.724. The number of aromatic hydroxyl groups is 1. The van der Waals surface area contributed by atoms with E-state index >= 15 is 0 Å². The van der Waals surface area contributed by atoms with Crippen molar-refractivity contribution in [2.24, 2.45) is 0 Å². The Morgan fingerprint density at radius 2 is 1.94 bits per heavy atom. The van der Waals surface area contributed by atoms with Crippen LogP contribution in [-0.2, 0) is 4.74 Å². The Labute approximate surface area is 121 Å². The lowest BCUT2D eigenvalue weighted by atomic mass is 10.2. The number of hydrogen-bond acceptors (Lipinski definition) is 3. The number of hydrogen-bond donors (Lipinski definition) is 1. The summed E-state index contributed by atoms with van der Waals surface area (Å²) in [5.41, 5.74) is -0.189. The molecule has 0 radical (unpaired) electrons. The van der Waals surface area contributed by atoms with Crippen LogP contribution in [0.25, 0.3) is 0 Å². The molecule has 0 saturated heterocycles. The van der Waals surface area contributed by atoms with E-state index in [9.17, 15) is 9.90 Å². The Kier molecular flexibility index (Phi) is 6.06. The third kappa shape index (κ3) is 3.67.